The van der Waals surface area contributed by atoms with Gasteiger partial charge in [-0.25, -0.2) is 0 Å². The lowest BCUT2D eigenvalue weighted by molar-refractivity contribution is -0.151. The fourth-order valence-electron chi connectivity index (χ4n) is 1.69. The maximum Gasteiger partial charge on any atom is 0.320 e. The van der Waals surface area contributed by atoms with E-state index in [1.807, 2.05) is 19.0 Å². The van der Waals surface area contributed by atoms with E-state index in [9.17, 15) is 4.79 Å². The molecule has 1 fully saturated rings. The van der Waals surface area contributed by atoms with Gasteiger partial charge in [-0.05, 0) is 39.8 Å². The molecule has 1 aliphatic carbocycles. The Labute approximate surface area is 85.4 Å². The standard InChI is InChI=1S/C10H20N2O2/c1-12(2)7-10(13)14-9-5-3-8(11)4-6-9/h8-9H,3-7,11H2,1-2H3. The number of likely N-dealkylation sites (N-methyl/N-ethyl adjacent to an activating group) is 1. The lowest BCUT2D eigenvalue weighted by atomic mass is 9.94. The summed E-state index contributed by atoms with van der Waals surface area (Å²) >= 11 is 0. The highest BCUT2D eigenvalue weighted by atomic mass is 16.5. The van der Waals surface area contributed by atoms with Gasteiger partial charge in [0.05, 0.1) is 6.54 Å². The molecule has 0 spiro atoms. The molecule has 4 heteroatoms. The van der Waals surface area contributed by atoms with Gasteiger partial charge in [-0.3, -0.25) is 9.69 Å². The van der Waals surface area contributed by atoms with Crippen LogP contribution in [0.25, 0.3) is 0 Å². The average Bonchev–Trinajstić information content (AvgIpc) is 2.07. The van der Waals surface area contributed by atoms with E-state index in [1.54, 1.807) is 0 Å². The number of nitrogens with two attached hydrogens (primary N) is 1. The maximum atomic E-state index is 11.3. The van der Waals surface area contributed by atoms with Crippen LogP contribution in [0.4, 0.5) is 0 Å². The van der Waals surface area contributed by atoms with Crippen molar-refractivity contribution in [3.05, 3.63) is 0 Å². The van der Waals surface area contributed by atoms with Crippen LogP contribution in [-0.4, -0.2) is 43.7 Å². The van der Waals surface area contributed by atoms with E-state index in [2.05, 4.69) is 0 Å². The Morgan fingerprint density at radius 2 is 1.93 bits per heavy atom. The quantitative estimate of drug-likeness (QED) is 0.668. The van der Waals surface area contributed by atoms with Crippen molar-refractivity contribution in [1.82, 2.24) is 4.90 Å². The maximum absolute atomic E-state index is 11.3. The van der Waals surface area contributed by atoms with Gasteiger partial charge >= 0.3 is 5.97 Å². The van der Waals surface area contributed by atoms with Crippen LogP contribution < -0.4 is 5.73 Å². The van der Waals surface area contributed by atoms with Crippen LogP contribution in [0.5, 0.6) is 0 Å². The van der Waals surface area contributed by atoms with Crippen LogP contribution in [0.3, 0.4) is 0 Å². The lowest BCUT2D eigenvalue weighted by Crippen LogP contribution is -2.33. The summed E-state index contributed by atoms with van der Waals surface area (Å²) in [5, 5.41) is 0. The predicted molar refractivity (Wildman–Crippen MR) is 54.9 cm³/mol. The minimum atomic E-state index is -0.129. The number of carbonyl (C=O) groups excluding carboxylic acids is 1. The van der Waals surface area contributed by atoms with E-state index < -0.39 is 0 Å². The van der Waals surface area contributed by atoms with Crippen molar-refractivity contribution in [2.24, 2.45) is 5.73 Å². The van der Waals surface area contributed by atoms with Gasteiger partial charge in [0.15, 0.2) is 0 Å². The Morgan fingerprint density at radius 1 is 1.36 bits per heavy atom. The Kier molecular flexibility index (Phi) is 4.35. The molecule has 0 aromatic carbocycles. The summed E-state index contributed by atoms with van der Waals surface area (Å²) in [6.45, 7) is 0.364. The fourth-order valence-corrected chi connectivity index (χ4v) is 1.69. The number of esters is 1. The number of ether oxygens (including phenoxy) is 1. The van der Waals surface area contributed by atoms with Crippen molar-refractivity contribution in [2.75, 3.05) is 20.6 Å². The molecule has 0 heterocycles. The first kappa shape index (κ1) is 11.5. The molecule has 14 heavy (non-hydrogen) atoms. The molecule has 0 atom stereocenters. The van der Waals surface area contributed by atoms with Gasteiger partial charge in [-0.15, -0.1) is 0 Å². The summed E-state index contributed by atoms with van der Waals surface area (Å²) in [5.74, 6) is -0.129. The summed E-state index contributed by atoms with van der Waals surface area (Å²) in [7, 11) is 3.72. The minimum absolute atomic E-state index is 0.0993. The zero-order valence-corrected chi connectivity index (χ0v) is 9.03. The molecule has 0 amide bonds. The summed E-state index contributed by atoms with van der Waals surface area (Å²) in [5.41, 5.74) is 5.76. The number of hydrogen-bond donors (Lipinski definition) is 1. The van der Waals surface area contributed by atoms with Crippen LogP contribution in [0.15, 0.2) is 0 Å². The molecule has 0 aromatic rings. The summed E-state index contributed by atoms with van der Waals surface area (Å²) in [6, 6.07) is 0.304. The van der Waals surface area contributed by atoms with Crippen LogP contribution in [-0.2, 0) is 9.53 Å². The third-order valence-electron chi connectivity index (χ3n) is 2.46. The smallest absolute Gasteiger partial charge is 0.320 e. The number of rotatable bonds is 3. The molecule has 0 saturated heterocycles. The van der Waals surface area contributed by atoms with Crippen LogP contribution in [0, 0.1) is 0 Å². The van der Waals surface area contributed by atoms with Crippen molar-refractivity contribution in [3.63, 3.8) is 0 Å². The molecule has 82 valence electrons. The van der Waals surface area contributed by atoms with Gasteiger partial charge in [0, 0.05) is 6.04 Å². The first-order chi connectivity index (χ1) is 6.58. The first-order valence-corrected chi connectivity index (χ1v) is 5.17. The second kappa shape index (κ2) is 5.32. The second-order valence-corrected chi connectivity index (χ2v) is 4.26. The molecule has 0 radical (unpaired) electrons. The predicted octanol–water partition coefficient (Wildman–Crippen LogP) is 0.361. The average molecular weight is 200 g/mol. The van der Waals surface area contributed by atoms with E-state index in [-0.39, 0.29) is 12.1 Å². The van der Waals surface area contributed by atoms with Gasteiger partial charge in [0.2, 0.25) is 0 Å². The van der Waals surface area contributed by atoms with Crippen molar-refractivity contribution < 1.29 is 9.53 Å². The summed E-state index contributed by atoms with van der Waals surface area (Å²) in [6.07, 6.45) is 3.88. The lowest BCUT2D eigenvalue weighted by Gasteiger charge is -2.26. The van der Waals surface area contributed by atoms with Crippen molar-refractivity contribution in [2.45, 2.75) is 37.8 Å². The normalized spacial score (nSPS) is 27.7. The van der Waals surface area contributed by atoms with Gasteiger partial charge in [-0.2, -0.15) is 0 Å². The molecule has 1 aliphatic rings. The van der Waals surface area contributed by atoms with Crippen LogP contribution >= 0.6 is 0 Å². The number of carbonyl (C=O) groups is 1. The monoisotopic (exact) mass is 200 g/mol. The van der Waals surface area contributed by atoms with E-state index in [4.69, 9.17) is 10.5 Å². The highest BCUT2D eigenvalue weighted by Crippen LogP contribution is 2.19. The van der Waals surface area contributed by atoms with E-state index in [0.717, 1.165) is 25.7 Å². The zero-order chi connectivity index (χ0) is 10.6. The molecular formula is C10H20N2O2. The molecule has 2 N–H and O–H groups in total. The SMILES string of the molecule is CN(C)CC(=O)OC1CCC(N)CC1. The first-order valence-electron chi connectivity index (χ1n) is 5.17. The molecule has 0 bridgehead atoms. The third kappa shape index (κ3) is 4.07. The Balaban J connectivity index is 2.20. The highest BCUT2D eigenvalue weighted by molar-refractivity contribution is 5.71. The number of nitrogens with zero attached hydrogens (tertiary/aromatic N) is 1. The van der Waals surface area contributed by atoms with E-state index in [0.29, 0.717) is 12.6 Å². The second-order valence-electron chi connectivity index (χ2n) is 4.26. The van der Waals surface area contributed by atoms with Crippen molar-refractivity contribution in [1.29, 1.82) is 0 Å². The topological polar surface area (TPSA) is 55.6 Å². The van der Waals surface area contributed by atoms with E-state index in [1.165, 1.54) is 0 Å². The van der Waals surface area contributed by atoms with E-state index >= 15 is 0 Å². The van der Waals surface area contributed by atoms with Crippen LogP contribution in [0.1, 0.15) is 25.7 Å². The molecule has 0 aromatic heterocycles. The molecular weight excluding hydrogens is 180 g/mol. The molecule has 0 aliphatic heterocycles. The van der Waals surface area contributed by atoms with Gasteiger partial charge < -0.3 is 10.5 Å². The fraction of sp³-hybridized carbons (Fsp3) is 0.900. The third-order valence-corrected chi connectivity index (χ3v) is 2.46. The Morgan fingerprint density at radius 3 is 2.43 bits per heavy atom. The zero-order valence-electron chi connectivity index (χ0n) is 9.03. The molecule has 0 unspecified atom stereocenters. The van der Waals surface area contributed by atoms with Gasteiger partial charge in [0.25, 0.3) is 0 Å². The Hall–Kier alpha value is -0.610. The molecule has 1 saturated carbocycles. The number of hydrogen-bond acceptors (Lipinski definition) is 4. The van der Waals surface area contributed by atoms with Gasteiger partial charge in [-0.1, -0.05) is 0 Å². The largest absolute Gasteiger partial charge is 0.461 e. The van der Waals surface area contributed by atoms with Crippen molar-refractivity contribution >= 4 is 5.97 Å². The summed E-state index contributed by atoms with van der Waals surface area (Å²) < 4.78 is 5.31. The molecule has 1 rings (SSSR count). The minimum Gasteiger partial charge on any atom is -0.461 e. The van der Waals surface area contributed by atoms with Crippen molar-refractivity contribution in [3.8, 4) is 0 Å². The summed E-state index contributed by atoms with van der Waals surface area (Å²) in [4.78, 5) is 13.1. The highest BCUT2D eigenvalue weighted by Gasteiger charge is 2.21. The van der Waals surface area contributed by atoms with Crippen LogP contribution in [0.2, 0.25) is 0 Å². The van der Waals surface area contributed by atoms with Gasteiger partial charge in [0.1, 0.15) is 6.10 Å². The molecule has 4 nitrogen and oxygen atoms in total. The Bertz CT molecular complexity index is 187.